The molecule has 7 nitrogen and oxygen atoms in total. The molecule has 9 heteroatoms. The first-order valence-corrected chi connectivity index (χ1v) is 8.28. The van der Waals surface area contributed by atoms with Gasteiger partial charge in [0.1, 0.15) is 16.0 Å². The second kappa shape index (κ2) is 4.87. The fourth-order valence-electron chi connectivity index (χ4n) is 2.64. The van der Waals surface area contributed by atoms with Crippen molar-refractivity contribution in [3.63, 3.8) is 0 Å². The Morgan fingerprint density at radius 3 is 2.83 bits per heavy atom. The van der Waals surface area contributed by atoms with Crippen LogP contribution in [0, 0.1) is 6.92 Å². The molecule has 23 heavy (non-hydrogen) atoms. The maximum atomic E-state index is 12.8. The molecule has 0 fully saturated rings. The van der Waals surface area contributed by atoms with Gasteiger partial charge in [0.05, 0.1) is 45.3 Å². The summed E-state index contributed by atoms with van der Waals surface area (Å²) in [6.07, 6.45) is 3.13. The molecule has 0 aliphatic rings. The fourth-order valence-corrected chi connectivity index (χ4v) is 4.02. The van der Waals surface area contributed by atoms with Crippen molar-refractivity contribution in [2.45, 2.75) is 6.92 Å². The molecule has 0 spiro atoms. The monoisotopic (exact) mass is 391 g/mol. The number of hydrogen-bond donors (Lipinski definition) is 0. The van der Waals surface area contributed by atoms with E-state index in [9.17, 15) is 9.59 Å². The quantitative estimate of drug-likeness (QED) is 0.497. The first-order chi connectivity index (χ1) is 11.0. The Morgan fingerprint density at radius 1 is 1.26 bits per heavy atom. The van der Waals surface area contributed by atoms with Gasteiger partial charge in [-0.05, 0) is 18.4 Å². The molecule has 0 aromatic carbocycles. The zero-order valence-electron chi connectivity index (χ0n) is 12.1. The Bertz CT molecular complexity index is 1200. The number of pyridine rings is 1. The van der Waals surface area contributed by atoms with Gasteiger partial charge in [0.15, 0.2) is 0 Å². The van der Waals surface area contributed by atoms with Crippen LogP contribution in [-0.4, -0.2) is 22.7 Å². The highest BCUT2D eigenvalue weighted by atomic mass is 79.9. The molecule has 0 saturated heterocycles. The van der Waals surface area contributed by atoms with Crippen LogP contribution in [0.1, 0.15) is 5.82 Å². The van der Waals surface area contributed by atoms with Gasteiger partial charge in [-0.1, -0.05) is 0 Å². The van der Waals surface area contributed by atoms with Gasteiger partial charge in [0, 0.05) is 7.05 Å². The van der Waals surface area contributed by atoms with Crippen LogP contribution in [-0.2, 0) is 7.05 Å². The molecule has 116 valence electrons. The second-order valence-electron chi connectivity index (χ2n) is 5.08. The summed E-state index contributed by atoms with van der Waals surface area (Å²) < 4.78 is 4.76. The number of aryl methyl sites for hydroxylation is 2. The van der Waals surface area contributed by atoms with Crippen LogP contribution in [0.3, 0.4) is 0 Å². The average molecular weight is 392 g/mol. The number of nitrogens with zero attached hydrogens (tertiary/aromatic N) is 5. The number of aromatic nitrogens is 5. The third kappa shape index (κ3) is 1.86. The van der Waals surface area contributed by atoms with Crippen molar-refractivity contribution in [3.8, 4) is 5.69 Å². The van der Waals surface area contributed by atoms with Crippen molar-refractivity contribution in [3.05, 3.63) is 50.5 Å². The third-order valence-corrected chi connectivity index (χ3v) is 5.41. The number of imidazole rings is 1. The lowest BCUT2D eigenvalue weighted by molar-refractivity contribution is 0.855. The molecular weight excluding hydrogens is 382 g/mol. The standard InChI is InChI=1S/C14H10BrN5O2S/c1-7-17-8-5-16-6-10(11(8)18(7)2)19-13(21)12-9(3-4-23-12)20(15)14(19)22/h3-6H,1-2H3. The highest BCUT2D eigenvalue weighted by Crippen LogP contribution is 2.22. The zero-order chi connectivity index (χ0) is 16.3. The predicted octanol–water partition coefficient (Wildman–Crippen LogP) is 1.96. The molecular formula is C14H10BrN5O2S. The van der Waals surface area contributed by atoms with Crippen LogP contribution in [0.2, 0.25) is 0 Å². The fraction of sp³-hybridized carbons (Fsp3) is 0.143. The smallest absolute Gasteiger partial charge is 0.330 e. The number of thiophene rings is 1. The molecule has 0 radical (unpaired) electrons. The van der Waals surface area contributed by atoms with Gasteiger partial charge < -0.3 is 4.57 Å². The van der Waals surface area contributed by atoms with E-state index in [4.69, 9.17) is 0 Å². The largest absolute Gasteiger partial charge is 0.346 e. The maximum Gasteiger partial charge on any atom is 0.346 e. The molecule has 0 atom stereocenters. The highest BCUT2D eigenvalue weighted by molar-refractivity contribution is 9.08. The number of fused-ring (bicyclic) bond motifs is 2. The van der Waals surface area contributed by atoms with Gasteiger partial charge in [0.2, 0.25) is 0 Å². The summed E-state index contributed by atoms with van der Waals surface area (Å²) >= 11 is 4.53. The summed E-state index contributed by atoms with van der Waals surface area (Å²) in [5.74, 6) is 0.777. The molecule has 0 saturated carbocycles. The zero-order valence-corrected chi connectivity index (χ0v) is 14.6. The van der Waals surface area contributed by atoms with Gasteiger partial charge in [-0.25, -0.2) is 17.9 Å². The van der Waals surface area contributed by atoms with E-state index in [-0.39, 0.29) is 5.56 Å². The van der Waals surface area contributed by atoms with Crippen molar-refractivity contribution in [1.82, 2.24) is 22.7 Å². The van der Waals surface area contributed by atoms with Crippen molar-refractivity contribution in [1.29, 1.82) is 0 Å². The lowest BCUT2D eigenvalue weighted by atomic mass is 10.3. The lowest BCUT2D eigenvalue weighted by Crippen LogP contribution is -2.36. The Hall–Kier alpha value is -2.26. The summed E-state index contributed by atoms with van der Waals surface area (Å²) in [7, 11) is 1.84. The van der Waals surface area contributed by atoms with Crippen LogP contribution in [0.15, 0.2) is 33.4 Å². The number of rotatable bonds is 1. The Kier molecular flexibility index (Phi) is 3.03. The lowest BCUT2D eigenvalue weighted by Gasteiger charge is -2.09. The number of hydrogen-bond acceptors (Lipinski definition) is 5. The molecule has 0 aliphatic heterocycles. The third-order valence-electron chi connectivity index (χ3n) is 3.84. The van der Waals surface area contributed by atoms with Crippen LogP contribution in [0.4, 0.5) is 0 Å². The van der Waals surface area contributed by atoms with Crippen LogP contribution < -0.4 is 11.2 Å². The average Bonchev–Trinajstić information content (AvgIpc) is 3.12. The molecule has 4 aromatic rings. The van der Waals surface area contributed by atoms with Gasteiger partial charge in [0.25, 0.3) is 5.56 Å². The Balaban J connectivity index is 2.24. The van der Waals surface area contributed by atoms with E-state index in [0.29, 0.717) is 26.9 Å². The predicted molar refractivity (Wildman–Crippen MR) is 92.8 cm³/mol. The van der Waals surface area contributed by atoms with Gasteiger partial charge in [-0.15, -0.1) is 11.3 Å². The summed E-state index contributed by atoms with van der Waals surface area (Å²) in [5, 5.41) is 1.78. The summed E-state index contributed by atoms with van der Waals surface area (Å²) in [6, 6.07) is 1.73. The molecule has 0 N–H and O–H groups in total. The minimum absolute atomic E-state index is 0.358. The van der Waals surface area contributed by atoms with Crippen LogP contribution in [0.5, 0.6) is 0 Å². The molecule has 0 amide bonds. The van der Waals surface area contributed by atoms with E-state index >= 15 is 0 Å². The Morgan fingerprint density at radius 2 is 2.04 bits per heavy atom. The first-order valence-electron chi connectivity index (χ1n) is 6.69. The van der Waals surface area contributed by atoms with Crippen molar-refractivity contribution >= 4 is 48.7 Å². The summed E-state index contributed by atoms with van der Waals surface area (Å²) in [4.78, 5) is 34.0. The Labute approximate surface area is 141 Å². The normalized spacial score (nSPS) is 11.6. The summed E-state index contributed by atoms with van der Waals surface area (Å²) in [5.41, 5.74) is 1.48. The SMILES string of the molecule is Cc1nc2cncc(-n3c(=O)c4sccc4n(Br)c3=O)c2n1C. The van der Waals surface area contributed by atoms with Gasteiger partial charge >= 0.3 is 5.69 Å². The van der Waals surface area contributed by atoms with Crippen molar-refractivity contribution in [2.75, 3.05) is 0 Å². The number of halogens is 1. The van der Waals surface area contributed by atoms with Crippen molar-refractivity contribution in [2.24, 2.45) is 7.05 Å². The minimum atomic E-state index is -0.478. The van der Waals surface area contributed by atoms with E-state index in [2.05, 4.69) is 26.1 Å². The minimum Gasteiger partial charge on any atom is -0.330 e. The molecule has 4 rings (SSSR count). The van der Waals surface area contributed by atoms with Crippen LogP contribution in [0.25, 0.3) is 26.9 Å². The van der Waals surface area contributed by atoms with Crippen LogP contribution >= 0.6 is 27.5 Å². The van der Waals surface area contributed by atoms with E-state index in [1.165, 1.54) is 21.1 Å². The highest BCUT2D eigenvalue weighted by Gasteiger charge is 2.18. The van der Waals surface area contributed by atoms with E-state index < -0.39 is 5.69 Å². The molecule has 0 unspecified atom stereocenters. The first kappa shape index (κ1) is 14.3. The van der Waals surface area contributed by atoms with E-state index in [1.807, 2.05) is 18.5 Å². The van der Waals surface area contributed by atoms with Gasteiger partial charge in [-0.3, -0.25) is 9.78 Å². The topological polar surface area (TPSA) is 74.7 Å². The molecule has 4 heterocycles. The maximum absolute atomic E-state index is 12.8. The molecule has 0 aliphatic carbocycles. The van der Waals surface area contributed by atoms with Gasteiger partial charge in [-0.2, -0.15) is 0 Å². The second-order valence-corrected chi connectivity index (χ2v) is 6.71. The molecule has 0 bridgehead atoms. The van der Waals surface area contributed by atoms with Crippen molar-refractivity contribution < 1.29 is 0 Å². The molecule has 4 aromatic heterocycles. The van der Waals surface area contributed by atoms with E-state index in [0.717, 1.165) is 10.4 Å². The van der Waals surface area contributed by atoms with E-state index in [1.54, 1.807) is 17.6 Å². The summed E-state index contributed by atoms with van der Waals surface area (Å²) in [6.45, 7) is 1.86.